The first-order valence-corrected chi connectivity index (χ1v) is 13.3. The molecule has 2 unspecified atom stereocenters. The van der Waals surface area contributed by atoms with Crippen molar-refractivity contribution in [2.45, 2.75) is 57.6 Å². The van der Waals surface area contributed by atoms with Gasteiger partial charge in [0.1, 0.15) is 17.7 Å². The van der Waals surface area contributed by atoms with Crippen LogP contribution in [0.25, 0.3) is 5.57 Å². The SMILES string of the molecule is CCC1CC(OC(=O)NCC2=CCCC=C2)CCN1CCC=C(c1ccc(F)cc1)c1ccc(F)cc1. The molecule has 37 heavy (non-hydrogen) atoms. The molecular formula is C31H36F2N2O2. The quantitative estimate of drug-likeness (QED) is 0.397. The van der Waals surface area contributed by atoms with E-state index in [2.05, 4.69) is 41.4 Å². The van der Waals surface area contributed by atoms with E-state index < -0.39 is 0 Å². The summed E-state index contributed by atoms with van der Waals surface area (Å²) in [7, 11) is 0. The highest BCUT2D eigenvalue weighted by molar-refractivity contribution is 5.79. The van der Waals surface area contributed by atoms with Gasteiger partial charge in [-0.25, -0.2) is 13.6 Å². The standard InChI is InChI=1S/C31H36F2N2O2/c1-2-28-21-29(37-31(36)34-22-23-7-4-3-5-8-23)18-20-35(28)19-6-9-30(24-10-14-26(32)15-11-24)25-12-16-27(33)17-13-25/h4,7-17,28-29H,2-3,5-6,18-22H2,1H3,(H,34,36). The van der Waals surface area contributed by atoms with Gasteiger partial charge >= 0.3 is 6.09 Å². The molecule has 1 fully saturated rings. The molecule has 6 heteroatoms. The molecule has 2 aliphatic rings. The van der Waals surface area contributed by atoms with Crippen molar-refractivity contribution in [3.63, 3.8) is 0 Å². The van der Waals surface area contributed by atoms with Crippen LogP contribution in [-0.4, -0.2) is 42.8 Å². The van der Waals surface area contributed by atoms with E-state index >= 15 is 0 Å². The normalized spacial score (nSPS) is 19.7. The van der Waals surface area contributed by atoms with Gasteiger partial charge in [0.05, 0.1) is 0 Å². The second-order valence-corrected chi connectivity index (χ2v) is 9.68. The molecule has 4 nitrogen and oxygen atoms in total. The van der Waals surface area contributed by atoms with Crippen LogP contribution >= 0.6 is 0 Å². The van der Waals surface area contributed by atoms with Crippen molar-refractivity contribution in [3.05, 3.63) is 101 Å². The highest BCUT2D eigenvalue weighted by Crippen LogP contribution is 2.26. The molecule has 0 aromatic heterocycles. The first kappa shape index (κ1) is 26.8. The molecule has 1 aliphatic carbocycles. The fourth-order valence-corrected chi connectivity index (χ4v) is 5.09. The lowest BCUT2D eigenvalue weighted by Crippen LogP contribution is -2.46. The number of likely N-dealkylation sites (tertiary alicyclic amines) is 1. The lowest BCUT2D eigenvalue weighted by Gasteiger charge is -2.38. The van der Waals surface area contributed by atoms with Crippen LogP contribution in [0.2, 0.25) is 0 Å². The highest BCUT2D eigenvalue weighted by atomic mass is 19.1. The number of nitrogens with one attached hydrogen (secondary N) is 1. The molecule has 1 aliphatic heterocycles. The van der Waals surface area contributed by atoms with Crippen LogP contribution in [0.3, 0.4) is 0 Å². The predicted octanol–water partition coefficient (Wildman–Crippen LogP) is 7.03. The molecule has 1 saturated heterocycles. The summed E-state index contributed by atoms with van der Waals surface area (Å²) >= 11 is 0. The van der Waals surface area contributed by atoms with E-state index in [-0.39, 0.29) is 23.8 Å². The molecule has 4 rings (SSSR count). The Bertz CT molecular complexity index is 1080. The number of carbonyl (C=O) groups is 1. The van der Waals surface area contributed by atoms with Gasteiger partial charge in [-0.05, 0) is 78.6 Å². The summed E-state index contributed by atoms with van der Waals surface area (Å²) in [5.41, 5.74) is 3.89. The van der Waals surface area contributed by atoms with E-state index in [4.69, 9.17) is 4.74 Å². The molecule has 1 N–H and O–H groups in total. The van der Waals surface area contributed by atoms with Crippen molar-refractivity contribution in [2.24, 2.45) is 0 Å². The summed E-state index contributed by atoms with van der Waals surface area (Å²) in [6, 6.07) is 13.2. The summed E-state index contributed by atoms with van der Waals surface area (Å²) in [5.74, 6) is -0.565. The fraction of sp³-hybridized carbons (Fsp3) is 0.387. The fourth-order valence-electron chi connectivity index (χ4n) is 5.09. The van der Waals surface area contributed by atoms with Gasteiger partial charge in [0.2, 0.25) is 0 Å². The van der Waals surface area contributed by atoms with Gasteiger partial charge < -0.3 is 10.1 Å². The Kier molecular flexibility index (Phi) is 9.66. The molecule has 0 radical (unpaired) electrons. The Morgan fingerprint density at radius 1 is 1.05 bits per heavy atom. The number of amides is 1. The third kappa shape index (κ3) is 7.86. The minimum atomic E-state index is -0.348. The molecule has 0 saturated carbocycles. The summed E-state index contributed by atoms with van der Waals surface area (Å²) in [6.07, 6.45) is 13.5. The van der Waals surface area contributed by atoms with Crippen molar-refractivity contribution >= 4 is 11.7 Å². The lowest BCUT2D eigenvalue weighted by molar-refractivity contribution is 0.0226. The highest BCUT2D eigenvalue weighted by Gasteiger charge is 2.29. The molecule has 2 aromatic carbocycles. The topological polar surface area (TPSA) is 41.6 Å². The number of hydrogen-bond acceptors (Lipinski definition) is 3. The average Bonchev–Trinajstić information content (AvgIpc) is 2.92. The number of nitrogens with zero attached hydrogens (tertiary/aromatic N) is 1. The Hall–Kier alpha value is -3.25. The number of halogens is 2. The largest absolute Gasteiger partial charge is 0.446 e. The number of hydrogen-bond donors (Lipinski definition) is 1. The van der Waals surface area contributed by atoms with Crippen LogP contribution in [-0.2, 0) is 4.74 Å². The second-order valence-electron chi connectivity index (χ2n) is 9.68. The van der Waals surface area contributed by atoms with E-state index in [9.17, 15) is 13.6 Å². The summed E-state index contributed by atoms with van der Waals surface area (Å²) < 4.78 is 32.7. The average molecular weight is 507 g/mol. The molecule has 2 atom stereocenters. The smallest absolute Gasteiger partial charge is 0.407 e. The molecule has 1 amide bonds. The maximum atomic E-state index is 13.5. The summed E-state index contributed by atoms with van der Waals surface area (Å²) in [6.45, 7) is 4.40. The third-order valence-electron chi connectivity index (χ3n) is 7.12. The van der Waals surface area contributed by atoms with Gasteiger partial charge in [-0.1, -0.05) is 55.5 Å². The zero-order valence-corrected chi connectivity index (χ0v) is 21.5. The lowest BCUT2D eigenvalue weighted by atomic mass is 9.95. The van der Waals surface area contributed by atoms with Crippen LogP contribution < -0.4 is 5.32 Å². The zero-order valence-electron chi connectivity index (χ0n) is 21.5. The van der Waals surface area contributed by atoms with Gasteiger partial charge in [0.25, 0.3) is 0 Å². The first-order chi connectivity index (χ1) is 18.0. The van der Waals surface area contributed by atoms with Gasteiger partial charge in [-0.15, -0.1) is 0 Å². The zero-order chi connectivity index (χ0) is 26.0. The number of rotatable bonds is 9. The van der Waals surface area contributed by atoms with Crippen LogP contribution in [0.4, 0.5) is 13.6 Å². The van der Waals surface area contributed by atoms with E-state index in [0.717, 1.165) is 73.9 Å². The number of allylic oxidation sites excluding steroid dienone is 2. The van der Waals surface area contributed by atoms with E-state index in [1.807, 2.05) is 0 Å². The minimum absolute atomic E-state index is 0.0818. The van der Waals surface area contributed by atoms with Crippen molar-refractivity contribution in [2.75, 3.05) is 19.6 Å². The predicted molar refractivity (Wildman–Crippen MR) is 144 cm³/mol. The van der Waals surface area contributed by atoms with E-state index in [0.29, 0.717) is 12.6 Å². The minimum Gasteiger partial charge on any atom is -0.446 e. The Balaban J connectivity index is 1.32. The monoisotopic (exact) mass is 506 g/mol. The molecule has 196 valence electrons. The van der Waals surface area contributed by atoms with Gasteiger partial charge in [0.15, 0.2) is 0 Å². The number of benzene rings is 2. The second kappa shape index (κ2) is 13.3. The maximum absolute atomic E-state index is 13.5. The molecule has 1 heterocycles. The van der Waals surface area contributed by atoms with Crippen molar-refractivity contribution < 1.29 is 18.3 Å². The summed E-state index contributed by atoms with van der Waals surface area (Å²) in [4.78, 5) is 14.8. The Morgan fingerprint density at radius 3 is 2.32 bits per heavy atom. The molecule has 2 aromatic rings. The van der Waals surface area contributed by atoms with Crippen LogP contribution in [0, 0.1) is 11.6 Å². The van der Waals surface area contributed by atoms with Gasteiger partial charge in [0, 0.05) is 32.1 Å². The molecule has 0 bridgehead atoms. The summed E-state index contributed by atoms with van der Waals surface area (Å²) in [5, 5.41) is 2.88. The van der Waals surface area contributed by atoms with Crippen molar-refractivity contribution in [1.82, 2.24) is 10.2 Å². The third-order valence-corrected chi connectivity index (χ3v) is 7.12. The van der Waals surface area contributed by atoms with E-state index in [1.54, 1.807) is 24.3 Å². The molecular weight excluding hydrogens is 470 g/mol. The Morgan fingerprint density at radius 2 is 1.73 bits per heavy atom. The molecule has 0 spiro atoms. The number of carbonyl (C=O) groups excluding carboxylic acids is 1. The number of ether oxygens (including phenoxy) is 1. The number of alkyl carbamates (subject to hydrolysis) is 1. The maximum Gasteiger partial charge on any atom is 0.407 e. The van der Waals surface area contributed by atoms with Crippen LogP contribution in [0.5, 0.6) is 0 Å². The number of piperidine rings is 1. The van der Waals surface area contributed by atoms with E-state index in [1.165, 1.54) is 24.3 Å². The Labute approximate surface area is 218 Å². The van der Waals surface area contributed by atoms with Crippen LogP contribution in [0.1, 0.15) is 56.6 Å². The van der Waals surface area contributed by atoms with Crippen LogP contribution in [0.15, 0.2) is 78.4 Å². The van der Waals surface area contributed by atoms with Gasteiger partial charge in [-0.2, -0.15) is 0 Å². The van der Waals surface area contributed by atoms with Crippen molar-refractivity contribution in [3.8, 4) is 0 Å². The van der Waals surface area contributed by atoms with Crippen molar-refractivity contribution in [1.29, 1.82) is 0 Å². The van der Waals surface area contributed by atoms with Gasteiger partial charge in [-0.3, -0.25) is 4.90 Å². The first-order valence-electron chi connectivity index (χ1n) is 13.3.